The molecule has 194 valence electrons. The minimum absolute atomic E-state index is 0.0107. The van der Waals surface area contributed by atoms with Crippen LogP contribution in [0, 0.1) is 0 Å². The van der Waals surface area contributed by atoms with Crippen LogP contribution in [0.2, 0.25) is 10.0 Å². The average Bonchev–Trinajstić information content (AvgIpc) is 3.35. The molecule has 2 N–H and O–H groups in total. The second-order valence-corrected chi connectivity index (χ2v) is 8.71. The van der Waals surface area contributed by atoms with Crippen molar-refractivity contribution in [2.24, 2.45) is 0 Å². The van der Waals surface area contributed by atoms with E-state index in [1.165, 1.54) is 0 Å². The zero-order valence-corrected chi connectivity index (χ0v) is 20.6. The molecule has 12 nitrogen and oxygen atoms in total. The van der Waals surface area contributed by atoms with E-state index in [9.17, 15) is 19.2 Å². The number of hydrogen-bond acceptors (Lipinski definition) is 8. The van der Waals surface area contributed by atoms with Gasteiger partial charge in [0.25, 0.3) is 0 Å². The van der Waals surface area contributed by atoms with Crippen LogP contribution < -0.4 is 32.4 Å². The fraction of sp³-hybridized carbons (Fsp3) is 0.0833. The first-order valence-corrected chi connectivity index (χ1v) is 11.6. The Bertz CT molecular complexity index is 1730. The maximum atomic E-state index is 11.6. The Morgan fingerprint density at radius 2 is 1.11 bits per heavy atom. The van der Waals surface area contributed by atoms with Crippen molar-refractivity contribution < 1.29 is 18.5 Å². The topological polar surface area (TPSA) is 154 Å². The van der Waals surface area contributed by atoms with Gasteiger partial charge in [-0.1, -0.05) is 41.4 Å². The fourth-order valence-corrected chi connectivity index (χ4v) is 3.96. The van der Waals surface area contributed by atoms with E-state index in [-0.39, 0.29) is 23.1 Å². The monoisotopic (exact) mass is 558 g/mol. The maximum absolute atomic E-state index is 11.6. The molecular weight excluding hydrogens is 543 g/mol. The van der Waals surface area contributed by atoms with Gasteiger partial charge in [-0.15, -0.1) is 9.48 Å². The smallest absolute Gasteiger partial charge is 0.440 e. The molecule has 38 heavy (non-hydrogen) atoms. The van der Waals surface area contributed by atoms with Gasteiger partial charge in [-0.3, -0.25) is 0 Å². The van der Waals surface area contributed by atoms with E-state index < -0.39 is 22.9 Å². The van der Waals surface area contributed by atoms with E-state index >= 15 is 0 Å². The molecule has 5 rings (SSSR count). The molecule has 0 saturated carbocycles. The van der Waals surface area contributed by atoms with Gasteiger partial charge in [0.05, 0.1) is 23.1 Å². The Labute approximate surface area is 221 Å². The third kappa shape index (κ3) is 5.66. The second-order valence-electron chi connectivity index (χ2n) is 7.90. The normalized spacial score (nSPS) is 11.0. The van der Waals surface area contributed by atoms with E-state index in [1.54, 1.807) is 60.7 Å². The molecule has 0 unspecified atom stereocenters. The van der Waals surface area contributed by atoms with Crippen molar-refractivity contribution in [3.05, 3.63) is 124 Å². The predicted molar refractivity (Wildman–Crippen MR) is 135 cm³/mol. The molecule has 0 atom stereocenters. The van der Waals surface area contributed by atoms with Crippen molar-refractivity contribution in [2.75, 3.05) is 0 Å². The Hall–Kier alpha value is -4.68. The van der Waals surface area contributed by atoms with Gasteiger partial charge in [0.2, 0.25) is 0 Å². The highest BCUT2D eigenvalue weighted by molar-refractivity contribution is 6.32. The number of H-pyrrole nitrogens is 2. The lowest BCUT2D eigenvalue weighted by atomic mass is 10.2. The van der Waals surface area contributed by atoms with Crippen LogP contribution in [0.4, 0.5) is 0 Å². The van der Waals surface area contributed by atoms with E-state index in [4.69, 9.17) is 41.7 Å². The zero-order valence-electron chi connectivity index (χ0n) is 19.1. The number of halogens is 2. The van der Waals surface area contributed by atoms with Gasteiger partial charge in [0, 0.05) is 6.07 Å². The van der Waals surface area contributed by atoms with Gasteiger partial charge in [0.1, 0.15) is 23.0 Å². The molecule has 0 saturated heterocycles. The number of aromatic nitrogens is 4. The van der Waals surface area contributed by atoms with Gasteiger partial charge < -0.3 is 18.5 Å². The summed E-state index contributed by atoms with van der Waals surface area (Å²) in [5, 5.41) is 0.548. The minimum Gasteiger partial charge on any atom is -0.456 e. The first-order chi connectivity index (χ1) is 18.2. The van der Waals surface area contributed by atoms with E-state index in [1.807, 2.05) is 9.97 Å². The Morgan fingerprint density at radius 3 is 1.47 bits per heavy atom. The SMILES string of the molecule is O=c1[nH]c(=O)n(Cc2ccc(Oc3cccc(Oc4ccc(Cn5oc(=O)[nH]c5=O)cc4Cl)c3)c(Cl)c2)o1. The summed E-state index contributed by atoms with van der Waals surface area (Å²) in [5.41, 5.74) is -0.0956. The zero-order chi connectivity index (χ0) is 26.8. The lowest BCUT2D eigenvalue weighted by Gasteiger charge is -2.12. The Morgan fingerprint density at radius 1 is 0.658 bits per heavy atom. The second kappa shape index (κ2) is 10.4. The van der Waals surface area contributed by atoms with Gasteiger partial charge in [-0.25, -0.2) is 29.1 Å². The molecule has 5 aromatic rings. The third-order valence-corrected chi connectivity index (χ3v) is 5.75. The number of nitrogens with zero attached hydrogens (tertiary/aromatic N) is 2. The highest BCUT2D eigenvalue weighted by Gasteiger charge is 2.11. The van der Waals surface area contributed by atoms with Crippen LogP contribution in [-0.4, -0.2) is 19.4 Å². The van der Waals surface area contributed by atoms with Crippen molar-refractivity contribution in [3.63, 3.8) is 0 Å². The van der Waals surface area contributed by atoms with Crippen molar-refractivity contribution in [1.29, 1.82) is 0 Å². The molecule has 0 aliphatic carbocycles. The average molecular weight is 559 g/mol. The number of aromatic amines is 2. The molecular formula is C24H16Cl2N4O8. The minimum atomic E-state index is -0.844. The Kier molecular flexibility index (Phi) is 6.81. The summed E-state index contributed by atoms with van der Waals surface area (Å²) in [7, 11) is 0. The summed E-state index contributed by atoms with van der Waals surface area (Å²) >= 11 is 12.7. The molecule has 0 amide bonds. The summed E-state index contributed by atoms with van der Waals surface area (Å²) in [6.45, 7) is 0.0215. The summed E-state index contributed by atoms with van der Waals surface area (Å²) < 4.78 is 23.0. The number of hydrogen-bond donors (Lipinski definition) is 2. The molecule has 0 aliphatic rings. The van der Waals surface area contributed by atoms with Crippen LogP contribution in [0.3, 0.4) is 0 Å². The van der Waals surface area contributed by atoms with Gasteiger partial charge in [-0.2, -0.15) is 0 Å². The lowest BCUT2D eigenvalue weighted by molar-refractivity contribution is 0.258. The number of rotatable bonds is 8. The third-order valence-electron chi connectivity index (χ3n) is 5.16. The molecule has 0 spiro atoms. The fourth-order valence-electron chi connectivity index (χ4n) is 3.47. The molecule has 2 heterocycles. The standard InChI is InChI=1S/C24H16Cl2N4O8/c25-17-8-13(11-29-21(31)27-23(33)37-29)4-6-19(17)35-15-2-1-3-16(10-15)36-20-7-5-14(9-18(20)26)12-30-22(32)28-24(34)38-30/h1-10H,11-12H2,(H,27,31,33)(H,28,32,34). The highest BCUT2D eigenvalue weighted by Crippen LogP contribution is 2.35. The largest absolute Gasteiger partial charge is 0.456 e. The predicted octanol–water partition coefficient (Wildman–Crippen LogP) is 3.56. The highest BCUT2D eigenvalue weighted by atomic mass is 35.5. The van der Waals surface area contributed by atoms with Gasteiger partial charge in [0.15, 0.2) is 0 Å². The molecule has 14 heteroatoms. The van der Waals surface area contributed by atoms with Crippen LogP contribution >= 0.6 is 23.2 Å². The molecule has 0 aliphatic heterocycles. The van der Waals surface area contributed by atoms with Gasteiger partial charge in [-0.05, 0) is 47.5 Å². The van der Waals surface area contributed by atoms with Crippen molar-refractivity contribution in [2.45, 2.75) is 13.1 Å². The molecule has 0 bridgehead atoms. The van der Waals surface area contributed by atoms with Crippen LogP contribution in [0.1, 0.15) is 11.1 Å². The molecule has 0 radical (unpaired) electrons. The first-order valence-electron chi connectivity index (χ1n) is 10.9. The van der Waals surface area contributed by atoms with Gasteiger partial charge >= 0.3 is 22.9 Å². The summed E-state index contributed by atoms with van der Waals surface area (Å²) in [5.74, 6) is -0.124. The molecule has 2 aromatic heterocycles. The van der Waals surface area contributed by atoms with Crippen molar-refractivity contribution in [1.82, 2.24) is 19.4 Å². The summed E-state index contributed by atoms with van der Waals surface area (Å²) in [6, 6.07) is 16.5. The van der Waals surface area contributed by atoms with Crippen molar-refractivity contribution >= 4 is 23.2 Å². The van der Waals surface area contributed by atoms with Crippen LogP contribution in [0.15, 0.2) is 88.9 Å². The summed E-state index contributed by atoms with van der Waals surface area (Å²) in [4.78, 5) is 49.6. The van der Waals surface area contributed by atoms with Crippen LogP contribution in [0.5, 0.6) is 23.0 Å². The number of ether oxygens (including phenoxy) is 2. The van der Waals surface area contributed by atoms with E-state index in [0.29, 0.717) is 34.1 Å². The molecule has 0 fully saturated rings. The number of nitrogens with one attached hydrogen (secondary N) is 2. The van der Waals surface area contributed by atoms with E-state index in [0.717, 1.165) is 9.48 Å². The first kappa shape index (κ1) is 25.0. The van der Waals surface area contributed by atoms with E-state index in [2.05, 4.69) is 0 Å². The lowest BCUT2D eigenvalue weighted by Crippen LogP contribution is -2.17. The van der Waals surface area contributed by atoms with Crippen LogP contribution in [-0.2, 0) is 13.1 Å². The quantitative estimate of drug-likeness (QED) is 0.293. The maximum Gasteiger partial charge on any atom is 0.440 e. The Balaban J connectivity index is 1.27. The van der Waals surface area contributed by atoms with Crippen LogP contribution in [0.25, 0.3) is 0 Å². The number of benzene rings is 3. The van der Waals surface area contributed by atoms with Crippen molar-refractivity contribution in [3.8, 4) is 23.0 Å². The molecule has 3 aromatic carbocycles. The summed E-state index contributed by atoms with van der Waals surface area (Å²) in [6.07, 6.45) is 0.